The fraction of sp³-hybridized carbons (Fsp3) is 0. The van der Waals surface area contributed by atoms with Crippen molar-refractivity contribution in [2.45, 2.75) is 0 Å². The molecule has 0 saturated carbocycles. The Labute approximate surface area is 232 Å². The van der Waals surface area contributed by atoms with Gasteiger partial charge in [-0.1, -0.05) is 109 Å². The Morgan fingerprint density at radius 3 is 1.88 bits per heavy atom. The molecule has 0 unspecified atom stereocenters. The maximum Gasteiger partial charge on any atom is 0.0972 e. The maximum atomic E-state index is 5.07. The summed E-state index contributed by atoms with van der Waals surface area (Å²) in [5.41, 5.74) is 7.49. The highest BCUT2D eigenvalue weighted by Gasteiger charge is 2.13. The van der Waals surface area contributed by atoms with Gasteiger partial charge in [0, 0.05) is 17.0 Å². The van der Waals surface area contributed by atoms with Crippen LogP contribution in [0.2, 0.25) is 0 Å². The fourth-order valence-electron chi connectivity index (χ4n) is 6.00. The van der Waals surface area contributed by atoms with Crippen molar-refractivity contribution in [1.82, 2.24) is 9.97 Å². The van der Waals surface area contributed by atoms with Crippen LogP contribution in [0.25, 0.3) is 76.9 Å². The molecule has 40 heavy (non-hydrogen) atoms. The van der Waals surface area contributed by atoms with Crippen LogP contribution in [0.4, 0.5) is 0 Å². The summed E-state index contributed by atoms with van der Waals surface area (Å²) in [7, 11) is 0. The van der Waals surface area contributed by atoms with E-state index in [1.165, 1.54) is 38.1 Å². The van der Waals surface area contributed by atoms with Crippen LogP contribution in [0.5, 0.6) is 0 Å². The van der Waals surface area contributed by atoms with Crippen LogP contribution >= 0.6 is 0 Å². The van der Waals surface area contributed by atoms with Crippen molar-refractivity contribution < 1.29 is 0 Å². The van der Waals surface area contributed by atoms with Crippen molar-refractivity contribution in [3.05, 3.63) is 146 Å². The van der Waals surface area contributed by atoms with Crippen molar-refractivity contribution in [3.63, 3.8) is 0 Å². The average molecular weight is 509 g/mol. The summed E-state index contributed by atoms with van der Waals surface area (Å²) in [6.07, 6.45) is 1.90. The van der Waals surface area contributed by atoms with E-state index >= 15 is 0 Å². The SMILES string of the molecule is c1cc(-c2ccnc(-c3nc4ccccc4c4ccccc34)c2)cc(-c2cc3ccccc3c3ccccc23)c1. The molecular weight excluding hydrogens is 484 g/mol. The van der Waals surface area contributed by atoms with Crippen molar-refractivity contribution in [2.24, 2.45) is 0 Å². The van der Waals surface area contributed by atoms with Gasteiger partial charge in [0.25, 0.3) is 0 Å². The van der Waals surface area contributed by atoms with E-state index in [9.17, 15) is 0 Å². The van der Waals surface area contributed by atoms with Gasteiger partial charge in [-0.05, 0) is 79.5 Å². The van der Waals surface area contributed by atoms with E-state index in [0.717, 1.165) is 38.8 Å². The zero-order valence-electron chi connectivity index (χ0n) is 21.8. The van der Waals surface area contributed by atoms with Crippen molar-refractivity contribution in [2.75, 3.05) is 0 Å². The molecule has 8 aromatic rings. The first-order valence-electron chi connectivity index (χ1n) is 13.6. The Morgan fingerprint density at radius 2 is 1.02 bits per heavy atom. The second-order valence-electron chi connectivity index (χ2n) is 10.2. The van der Waals surface area contributed by atoms with Crippen LogP contribution in [0.15, 0.2) is 146 Å². The molecule has 0 N–H and O–H groups in total. The number of hydrogen-bond donors (Lipinski definition) is 0. The Balaban J connectivity index is 1.29. The highest BCUT2D eigenvalue weighted by molar-refractivity contribution is 6.14. The summed E-state index contributed by atoms with van der Waals surface area (Å²) < 4.78 is 0. The van der Waals surface area contributed by atoms with Gasteiger partial charge in [-0.15, -0.1) is 0 Å². The molecule has 0 radical (unpaired) electrons. The second kappa shape index (κ2) is 9.14. The molecule has 6 aromatic carbocycles. The van der Waals surface area contributed by atoms with E-state index < -0.39 is 0 Å². The van der Waals surface area contributed by atoms with Gasteiger partial charge in [0.15, 0.2) is 0 Å². The molecular formula is C38H24N2. The van der Waals surface area contributed by atoms with Gasteiger partial charge >= 0.3 is 0 Å². The van der Waals surface area contributed by atoms with E-state index in [-0.39, 0.29) is 0 Å². The summed E-state index contributed by atoms with van der Waals surface area (Å²) in [4.78, 5) is 9.86. The molecule has 0 spiro atoms. The van der Waals surface area contributed by atoms with Crippen LogP contribution in [-0.4, -0.2) is 9.97 Å². The smallest absolute Gasteiger partial charge is 0.0972 e. The molecule has 2 heteroatoms. The zero-order valence-corrected chi connectivity index (χ0v) is 21.8. The monoisotopic (exact) mass is 508 g/mol. The Kier molecular flexibility index (Phi) is 5.17. The molecule has 2 heterocycles. The minimum absolute atomic E-state index is 0.876. The van der Waals surface area contributed by atoms with Crippen molar-refractivity contribution in [3.8, 4) is 33.6 Å². The number of fused-ring (bicyclic) bond motifs is 6. The highest BCUT2D eigenvalue weighted by atomic mass is 14.8. The Hall–Kier alpha value is -5.34. The molecule has 2 nitrogen and oxygen atoms in total. The molecule has 0 aliphatic rings. The van der Waals surface area contributed by atoms with E-state index in [2.05, 4.69) is 133 Å². The van der Waals surface area contributed by atoms with Gasteiger partial charge in [-0.3, -0.25) is 4.98 Å². The average Bonchev–Trinajstić information content (AvgIpc) is 3.04. The number of para-hydroxylation sites is 1. The number of rotatable bonds is 3. The van der Waals surface area contributed by atoms with Crippen molar-refractivity contribution in [1.29, 1.82) is 0 Å². The van der Waals surface area contributed by atoms with Crippen LogP contribution < -0.4 is 0 Å². The lowest BCUT2D eigenvalue weighted by atomic mass is 9.92. The normalized spacial score (nSPS) is 11.5. The van der Waals surface area contributed by atoms with Gasteiger partial charge in [0.05, 0.1) is 16.9 Å². The standard InChI is InChI=1S/C38H24N2/c1-2-13-29-28(10-1)23-35(31-15-4-3-14-30(29)31)27-12-9-11-25(22-27)26-20-21-39-37(24-26)38-34-18-6-5-16-32(34)33-17-7-8-19-36(33)40-38/h1-24H. The number of nitrogens with zero attached hydrogens (tertiary/aromatic N) is 2. The maximum absolute atomic E-state index is 5.07. The van der Waals surface area contributed by atoms with Gasteiger partial charge in [0.2, 0.25) is 0 Å². The van der Waals surface area contributed by atoms with E-state index in [4.69, 9.17) is 9.97 Å². The molecule has 0 amide bonds. The minimum atomic E-state index is 0.876. The molecule has 0 bridgehead atoms. The van der Waals surface area contributed by atoms with Crippen molar-refractivity contribution >= 4 is 43.2 Å². The van der Waals surface area contributed by atoms with Gasteiger partial charge in [-0.25, -0.2) is 4.98 Å². The molecule has 0 saturated heterocycles. The molecule has 186 valence electrons. The molecule has 8 rings (SSSR count). The van der Waals surface area contributed by atoms with Crippen LogP contribution in [0, 0.1) is 0 Å². The molecule has 0 aliphatic heterocycles. The third kappa shape index (κ3) is 3.65. The number of aromatic nitrogens is 2. The van der Waals surface area contributed by atoms with E-state index in [0.29, 0.717) is 0 Å². The largest absolute Gasteiger partial charge is 0.255 e. The molecule has 0 fully saturated rings. The van der Waals surface area contributed by atoms with Gasteiger partial charge in [-0.2, -0.15) is 0 Å². The summed E-state index contributed by atoms with van der Waals surface area (Å²) in [6.45, 7) is 0. The Bertz CT molecular complexity index is 2070. The summed E-state index contributed by atoms with van der Waals surface area (Å²) >= 11 is 0. The number of benzene rings is 6. The first-order chi connectivity index (χ1) is 19.8. The number of pyridine rings is 2. The summed E-state index contributed by atoms with van der Waals surface area (Å²) in [5, 5.41) is 8.55. The van der Waals surface area contributed by atoms with Gasteiger partial charge < -0.3 is 0 Å². The highest BCUT2D eigenvalue weighted by Crippen LogP contribution is 2.37. The molecule has 0 aliphatic carbocycles. The van der Waals surface area contributed by atoms with Crippen LogP contribution in [0.3, 0.4) is 0 Å². The molecule has 0 atom stereocenters. The van der Waals surface area contributed by atoms with Crippen LogP contribution in [-0.2, 0) is 0 Å². The predicted molar refractivity (Wildman–Crippen MR) is 168 cm³/mol. The lowest BCUT2D eigenvalue weighted by Crippen LogP contribution is -1.92. The zero-order chi connectivity index (χ0) is 26.5. The van der Waals surface area contributed by atoms with E-state index in [1.807, 2.05) is 12.3 Å². The fourth-order valence-corrected chi connectivity index (χ4v) is 6.00. The Morgan fingerprint density at radius 1 is 0.400 bits per heavy atom. The minimum Gasteiger partial charge on any atom is -0.255 e. The quantitative estimate of drug-likeness (QED) is 0.222. The predicted octanol–water partition coefficient (Wildman–Crippen LogP) is 10.1. The van der Waals surface area contributed by atoms with E-state index in [1.54, 1.807) is 0 Å². The topological polar surface area (TPSA) is 25.8 Å². The first kappa shape index (κ1) is 22.6. The third-order valence-electron chi connectivity index (χ3n) is 7.89. The third-order valence-corrected chi connectivity index (χ3v) is 7.89. The lowest BCUT2D eigenvalue weighted by Gasteiger charge is -2.13. The van der Waals surface area contributed by atoms with Crippen LogP contribution in [0.1, 0.15) is 0 Å². The first-order valence-corrected chi connectivity index (χ1v) is 13.6. The lowest BCUT2D eigenvalue weighted by molar-refractivity contribution is 1.29. The summed E-state index contributed by atoms with van der Waals surface area (Å²) in [6, 6.07) is 49.5. The number of hydrogen-bond acceptors (Lipinski definition) is 2. The van der Waals surface area contributed by atoms with Gasteiger partial charge in [0.1, 0.15) is 0 Å². The summed E-state index contributed by atoms with van der Waals surface area (Å²) in [5.74, 6) is 0. The second-order valence-corrected chi connectivity index (χ2v) is 10.2. The molecule has 2 aromatic heterocycles.